The van der Waals surface area contributed by atoms with Crippen LogP contribution < -0.4 is 4.74 Å². The van der Waals surface area contributed by atoms with Crippen LogP contribution in [0.1, 0.15) is 13.3 Å². The molecule has 0 radical (unpaired) electrons. The molecule has 1 aromatic rings. The molecule has 0 N–H and O–H groups in total. The van der Waals surface area contributed by atoms with Crippen LogP contribution in [0.3, 0.4) is 0 Å². The van der Waals surface area contributed by atoms with Crippen molar-refractivity contribution in [2.45, 2.75) is 18.2 Å². The van der Waals surface area contributed by atoms with Crippen LogP contribution >= 0.6 is 50.0 Å². The van der Waals surface area contributed by atoms with Gasteiger partial charge >= 0.3 is 0 Å². The SMILES string of the molecule is CCSCCCOc1c(Cl)cc(Br)cc1S(=O)(=O)Cl. The molecule has 0 saturated carbocycles. The molecule has 0 aliphatic heterocycles. The zero-order chi connectivity index (χ0) is 14.5. The molecule has 0 spiro atoms. The van der Waals surface area contributed by atoms with Gasteiger partial charge in [-0.2, -0.15) is 11.8 Å². The predicted molar refractivity (Wildman–Crippen MR) is 85.3 cm³/mol. The molecule has 3 nitrogen and oxygen atoms in total. The van der Waals surface area contributed by atoms with E-state index < -0.39 is 9.05 Å². The Hall–Kier alpha value is 0.380. The van der Waals surface area contributed by atoms with E-state index >= 15 is 0 Å². The Morgan fingerprint density at radius 1 is 1.42 bits per heavy atom. The maximum absolute atomic E-state index is 11.5. The average molecular weight is 408 g/mol. The highest BCUT2D eigenvalue weighted by atomic mass is 79.9. The Morgan fingerprint density at radius 2 is 2.11 bits per heavy atom. The molecule has 1 rings (SSSR count). The van der Waals surface area contributed by atoms with E-state index in [-0.39, 0.29) is 15.7 Å². The zero-order valence-corrected chi connectivity index (χ0v) is 14.9. The minimum atomic E-state index is -3.90. The minimum Gasteiger partial charge on any atom is -0.491 e. The van der Waals surface area contributed by atoms with Gasteiger partial charge < -0.3 is 4.74 Å². The Bertz CT molecular complexity index is 535. The lowest BCUT2D eigenvalue weighted by Gasteiger charge is -2.12. The first kappa shape index (κ1) is 17.4. The van der Waals surface area contributed by atoms with Gasteiger partial charge in [-0.3, -0.25) is 0 Å². The highest BCUT2D eigenvalue weighted by Crippen LogP contribution is 2.37. The summed E-state index contributed by atoms with van der Waals surface area (Å²) in [6, 6.07) is 2.95. The Balaban J connectivity index is 2.87. The van der Waals surface area contributed by atoms with Crippen molar-refractivity contribution >= 4 is 59.0 Å². The summed E-state index contributed by atoms with van der Waals surface area (Å²) >= 11 is 11.0. The molecule has 0 aliphatic carbocycles. The molecule has 0 bridgehead atoms. The fourth-order valence-electron chi connectivity index (χ4n) is 1.34. The maximum atomic E-state index is 11.5. The van der Waals surface area contributed by atoms with Gasteiger partial charge in [0.25, 0.3) is 9.05 Å². The molecule has 0 fully saturated rings. The third-order valence-electron chi connectivity index (χ3n) is 2.12. The second-order valence-corrected chi connectivity index (χ2v) is 8.80. The zero-order valence-electron chi connectivity index (χ0n) is 10.2. The molecule has 8 heteroatoms. The van der Waals surface area contributed by atoms with Gasteiger partial charge in [0, 0.05) is 15.2 Å². The molecule has 0 amide bonds. The van der Waals surface area contributed by atoms with Crippen molar-refractivity contribution in [3.8, 4) is 5.75 Å². The summed E-state index contributed by atoms with van der Waals surface area (Å²) in [5.41, 5.74) is 0. The van der Waals surface area contributed by atoms with E-state index in [4.69, 9.17) is 27.0 Å². The second kappa shape index (κ2) is 7.98. The fraction of sp³-hybridized carbons (Fsp3) is 0.455. The molecular weight excluding hydrogens is 395 g/mol. The van der Waals surface area contributed by atoms with Crippen LogP contribution in [0.5, 0.6) is 5.75 Å². The lowest BCUT2D eigenvalue weighted by atomic mass is 10.3. The molecular formula is C11H13BrCl2O3S2. The van der Waals surface area contributed by atoms with E-state index in [2.05, 4.69) is 22.9 Å². The molecule has 0 aliphatic rings. The smallest absolute Gasteiger partial charge is 0.265 e. The molecule has 0 aromatic heterocycles. The summed E-state index contributed by atoms with van der Waals surface area (Å²) in [7, 11) is 1.48. The van der Waals surface area contributed by atoms with Gasteiger partial charge in [-0.15, -0.1) is 0 Å². The largest absolute Gasteiger partial charge is 0.491 e. The van der Waals surface area contributed by atoms with Crippen molar-refractivity contribution in [1.29, 1.82) is 0 Å². The number of hydrogen-bond acceptors (Lipinski definition) is 4. The summed E-state index contributed by atoms with van der Waals surface area (Å²) < 4.78 is 29.0. The lowest BCUT2D eigenvalue weighted by Crippen LogP contribution is -2.04. The highest BCUT2D eigenvalue weighted by molar-refractivity contribution is 9.10. The third-order valence-corrected chi connectivity index (χ3v) is 5.17. The first-order valence-corrected chi connectivity index (χ1v) is 10.1. The van der Waals surface area contributed by atoms with Crippen LogP contribution in [-0.4, -0.2) is 26.5 Å². The fourth-order valence-corrected chi connectivity index (χ4v) is 4.02. The van der Waals surface area contributed by atoms with Gasteiger partial charge in [0.05, 0.1) is 11.6 Å². The van der Waals surface area contributed by atoms with Gasteiger partial charge in [-0.1, -0.05) is 34.5 Å². The van der Waals surface area contributed by atoms with Crippen LogP contribution in [0.25, 0.3) is 0 Å². The molecule has 1 aromatic carbocycles. The van der Waals surface area contributed by atoms with E-state index in [1.54, 1.807) is 17.8 Å². The van der Waals surface area contributed by atoms with E-state index in [0.29, 0.717) is 11.1 Å². The van der Waals surface area contributed by atoms with Crippen LogP contribution in [0.4, 0.5) is 0 Å². The monoisotopic (exact) mass is 406 g/mol. The lowest BCUT2D eigenvalue weighted by molar-refractivity contribution is 0.311. The van der Waals surface area contributed by atoms with Crippen molar-refractivity contribution in [2.75, 3.05) is 18.1 Å². The number of thioether (sulfide) groups is 1. The van der Waals surface area contributed by atoms with Crippen molar-refractivity contribution in [2.24, 2.45) is 0 Å². The van der Waals surface area contributed by atoms with Crippen molar-refractivity contribution < 1.29 is 13.2 Å². The number of hydrogen-bond donors (Lipinski definition) is 0. The van der Waals surface area contributed by atoms with Crippen LogP contribution in [-0.2, 0) is 9.05 Å². The van der Waals surface area contributed by atoms with E-state index in [1.807, 2.05) is 0 Å². The normalized spacial score (nSPS) is 11.6. The van der Waals surface area contributed by atoms with Gasteiger partial charge in [0.1, 0.15) is 4.90 Å². The van der Waals surface area contributed by atoms with Crippen LogP contribution in [0, 0.1) is 0 Å². The number of ether oxygens (including phenoxy) is 1. The Kier molecular flexibility index (Phi) is 7.32. The average Bonchev–Trinajstić information content (AvgIpc) is 2.29. The second-order valence-electron chi connectivity index (χ2n) is 3.55. The molecule has 108 valence electrons. The van der Waals surface area contributed by atoms with Crippen molar-refractivity contribution in [3.05, 3.63) is 21.6 Å². The number of benzene rings is 1. The third kappa shape index (κ3) is 5.71. The first-order chi connectivity index (χ1) is 8.86. The molecule has 0 heterocycles. The predicted octanol–water partition coefficient (Wildman–Crippen LogP) is 4.55. The summed E-state index contributed by atoms with van der Waals surface area (Å²) in [5, 5.41) is 0.219. The summed E-state index contributed by atoms with van der Waals surface area (Å²) in [6.45, 7) is 2.48. The molecule has 0 saturated heterocycles. The van der Waals surface area contributed by atoms with Gasteiger partial charge in [0.2, 0.25) is 0 Å². The molecule has 0 atom stereocenters. The van der Waals surface area contributed by atoms with E-state index in [9.17, 15) is 8.42 Å². The van der Waals surface area contributed by atoms with Crippen molar-refractivity contribution in [1.82, 2.24) is 0 Å². The summed E-state index contributed by atoms with van der Waals surface area (Å²) in [5.74, 6) is 2.11. The minimum absolute atomic E-state index is 0.112. The van der Waals surface area contributed by atoms with E-state index in [1.165, 1.54) is 6.07 Å². The quantitative estimate of drug-likeness (QED) is 0.491. The topological polar surface area (TPSA) is 43.4 Å². The summed E-state index contributed by atoms with van der Waals surface area (Å²) in [6.07, 6.45) is 0.812. The maximum Gasteiger partial charge on any atom is 0.265 e. The van der Waals surface area contributed by atoms with Crippen molar-refractivity contribution in [3.63, 3.8) is 0 Å². The highest BCUT2D eigenvalue weighted by Gasteiger charge is 2.20. The number of rotatable bonds is 7. The van der Waals surface area contributed by atoms with Crippen LogP contribution in [0.15, 0.2) is 21.5 Å². The Labute approximate surface area is 135 Å². The van der Waals surface area contributed by atoms with Gasteiger partial charge in [0.15, 0.2) is 5.75 Å². The Morgan fingerprint density at radius 3 is 2.68 bits per heavy atom. The first-order valence-electron chi connectivity index (χ1n) is 5.50. The molecule has 0 unspecified atom stereocenters. The van der Waals surface area contributed by atoms with Gasteiger partial charge in [-0.05, 0) is 30.1 Å². The van der Waals surface area contributed by atoms with E-state index in [0.717, 1.165) is 17.9 Å². The van der Waals surface area contributed by atoms with Gasteiger partial charge in [-0.25, -0.2) is 8.42 Å². The molecule has 19 heavy (non-hydrogen) atoms. The summed E-state index contributed by atoms with van der Waals surface area (Å²) in [4.78, 5) is -0.114. The number of halogens is 3. The standard InChI is InChI=1S/C11H13BrCl2O3S2/c1-2-18-5-3-4-17-11-9(13)6-8(12)7-10(11)19(14,15)16/h6-7H,2-5H2,1H3. The van der Waals surface area contributed by atoms with Crippen LogP contribution in [0.2, 0.25) is 5.02 Å².